The summed E-state index contributed by atoms with van der Waals surface area (Å²) in [6.45, 7) is 2.16. The molecular weight excluding hydrogens is 180 g/mol. The van der Waals surface area contributed by atoms with Crippen LogP contribution >= 0.6 is 11.1 Å². The molecule has 0 bridgehead atoms. The molecule has 0 aliphatic carbocycles. The second kappa shape index (κ2) is 6.00. The second-order valence-electron chi connectivity index (χ2n) is 2.53. The lowest BCUT2D eigenvalue weighted by molar-refractivity contribution is 0.264. The molecule has 0 amide bonds. The van der Waals surface area contributed by atoms with E-state index in [1.807, 2.05) is 0 Å². The summed E-state index contributed by atoms with van der Waals surface area (Å²) in [5.74, 6) is 0. The molecule has 0 fully saturated rings. The molecule has 0 aromatic heterocycles. The smallest absolute Gasteiger partial charge is 0.386 e. The third-order valence-corrected chi connectivity index (χ3v) is 5.35. The van der Waals surface area contributed by atoms with Crippen LogP contribution in [0.3, 0.4) is 0 Å². The van der Waals surface area contributed by atoms with Gasteiger partial charge in [-0.1, -0.05) is 37.3 Å². The SMILES string of the molecule is CCCCC[Si](Cl)(OC)OC. The third kappa shape index (κ3) is 4.79. The first kappa shape index (κ1) is 11.4. The molecule has 0 aromatic rings. The summed E-state index contributed by atoms with van der Waals surface area (Å²) in [5.41, 5.74) is 0. The summed E-state index contributed by atoms with van der Waals surface area (Å²) in [6.07, 6.45) is 3.51. The quantitative estimate of drug-likeness (QED) is 0.370. The van der Waals surface area contributed by atoms with Crippen LogP contribution in [-0.4, -0.2) is 22.1 Å². The highest BCUT2D eigenvalue weighted by Gasteiger charge is 2.32. The predicted molar refractivity (Wildman–Crippen MR) is 50.0 cm³/mol. The first-order valence-electron chi connectivity index (χ1n) is 3.97. The Hall–Kier alpha value is 0.427. The number of hydrogen-bond donors (Lipinski definition) is 0. The zero-order valence-electron chi connectivity index (χ0n) is 7.52. The summed E-state index contributed by atoms with van der Waals surface area (Å²) in [7, 11) is 0.977. The Balaban J connectivity index is 3.51. The molecule has 0 rings (SSSR count). The highest BCUT2D eigenvalue weighted by molar-refractivity contribution is 7.12. The van der Waals surface area contributed by atoms with E-state index in [0.29, 0.717) is 0 Å². The van der Waals surface area contributed by atoms with Crippen molar-refractivity contribution in [2.24, 2.45) is 0 Å². The highest BCUT2D eigenvalue weighted by Crippen LogP contribution is 2.20. The highest BCUT2D eigenvalue weighted by atomic mass is 35.6. The van der Waals surface area contributed by atoms with Gasteiger partial charge in [0.15, 0.2) is 0 Å². The van der Waals surface area contributed by atoms with Gasteiger partial charge < -0.3 is 8.85 Å². The van der Waals surface area contributed by atoms with Crippen LogP contribution in [0.2, 0.25) is 6.04 Å². The molecular formula is C7H17ClO2Si. The molecule has 0 unspecified atom stereocenters. The number of unbranched alkanes of at least 4 members (excludes halogenated alkanes) is 2. The lowest BCUT2D eigenvalue weighted by atomic mass is 10.3. The molecule has 0 atom stereocenters. The van der Waals surface area contributed by atoms with Crippen molar-refractivity contribution in [3.05, 3.63) is 0 Å². The van der Waals surface area contributed by atoms with E-state index in [1.165, 1.54) is 12.8 Å². The van der Waals surface area contributed by atoms with Crippen molar-refractivity contribution in [3.63, 3.8) is 0 Å². The molecule has 0 heterocycles. The maximum atomic E-state index is 6.04. The normalized spacial score (nSPS) is 12.0. The standard InChI is InChI=1S/C7H17ClO2Si/c1-4-5-6-7-11(8,9-2)10-3/h4-7H2,1-3H3. The van der Waals surface area contributed by atoms with Gasteiger partial charge in [0.25, 0.3) is 0 Å². The Morgan fingerprint density at radius 1 is 1.18 bits per heavy atom. The van der Waals surface area contributed by atoms with Crippen molar-refractivity contribution < 1.29 is 8.85 Å². The van der Waals surface area contributed by atoms with Crippen LogP contribution in [0.5, 0.6) is 0 Å². The lowest BCUT2D eigenvalue weighted by Crippen LogP contribution is -2.32. The minimum absolute atomic E-state index is 0.884. The van der Waals surface area contributed by atoms with E-state index in [4.69, 9.17) is 19.9 Å². The summed E-state index contributed by atoms with van der Waals surface area (Å²) in [5, 5.41) is 0. The van der Waals surface area contributed by atoms with Gasteiger partial charge in [0.05, 0.1) is 0 Å². The second-order valence-corrected chi connectivity index (χ2v) is 6.89. The number of halogens is 1. The van der Waals surface area contributed by atoms with Crippen molar-refractivity contribution in [1.82, 2.24) is 0 Å². The summed E-state index contributed by atoms with van der Waals surface area (Å²) >= 11 is 6.04. The average Bonchev–Trinajstić information content (AvgIpc) is 2.05. The van der Waals surface area contributed by atoms with Gasteiger partial charge in [0, 0.05) is 20.3 Å². The zero-order valence-corrected chi connectivity index (χ0v) is 9.28. The van der Waals surface area contributed by atoms with Crippen LogP contribution in [0, 0.1) is 0 Å². The van der Waals surface area contributed by atoms with E-state index in [1.54, 1.807) is 14.2 Å². The molecule has 0 aliphatic rings. The maximum Gasteiger partial charge on any atom is 0.442 e. The fraction of sp³-hybridized carbons (Fsp3) is 1.00. The van der Waals surface area contributed by atoms with Crippen LogP contribution in [-0.2, 0) is 8.85 Å². The van der Waals surface area contributed by atoms with Gasteiger partial charge in [-0.15, -0.1) is 0 Å². The van der Waals surface area contributed by atoms with Gasteiger partial charge in [-0.05, 0) is 0 Å². The Labute approximate surface area is 74.8 Å². The van der Waals surface area contributed by atoms with Crippen LogP contribution in [0.1, 0.15) is 26.2 Å². The van der Waals surface area contributed by atoms with Crippen molar-refractivity contribution in [1.29, 1.82) is 0 Å². The van der Waals surface area contributed by atoms with Crippen LogP contribution in [0.15, 0.2) is 0 Å². The topological polar surface area (TPSA) is 18.5 Å². The fourth-order valence-corrected chi connectivity index (χ4v) is 2.52. The van der Waals surface area contributed by atoms with Crippen molar-refractivity contribution in [2.45, 2.75) is 32.2 Å². The van der Waals surface area contributed by atoms with Gasteiger partial charge in [0.1, 0.15) is 0 Å². The van der Waals surface area contributed by atoms with E-state index in [9.17, 15) is 0 Å². The first-order chi connectivity index (χ1) is 5.18. The van der Waals surface area contributed by atoms with Crippen molar-refractivity contribution in [3.8, 4) is 0 Å². The molecule has 0 aromatic carbocycles. The number of rotatable bonds is 6. The van der Waals surface area contributed by atoms with Crippen molar-refractivity contribution >= 4 is 18.9 Å². The number of hydrogen-bond acceptors (Lipinski definition) is 2. The molecule has 2 nitrogen and oxygen atoms in total. The fourth-order valence-electron chi connectivity index (χ4n) is 0.874. The van der Waals surface area contributed by atoms with E-state index >= 15 is 0 Å². The molecule has 0 spiro atoms. The van der Waals surface area contributed by atoms with Gasteiger partial charge in [-0.3, -0.25) is 0 Å². The Morgan fingerprint density at radius 2 is 1.73 bits per heavy atom. The van der Waals surface area contributed by atoms with E-state index in [0.717, 1.165) is 12.5 Å². The van der Waals surface area contributed by atoms with Gasteiger partial charge in [-0.2, -0.15) is 0 Å². The van der Waals surface area contributed by atoms with Gasteiger partial charge in [0.2, 0.25) is 0 Å². The lowest BCUT2D eigenvalue weighted by Gasteiger charge is -2.18. The Morgan fingerprint density at radius 3 is 2.09 bits per heavy atom. The molecule has 0 saturated carbocycles. The zero-order chi connectivity index (χ0) is 8.74. The summed E-state index contributed by atoms with van der Waals surface area (Å²) in [6, 6.07) is 0.884. The average molecular weight is 197 g/mol. The van der Waals surface area contributed by atoms with E-state index in [2.05, 4.69) is 6.92 Å². The summed E-state index contributed by atoms with van der Waals surface area (Å²) < 4.78 is 10.2. The Kier molecular flexibility index (Phi) is 6.23. The largest absolute Gasteiger partial charge is 0.442 e. The molecule has 11 heavy (non-hydrogen) atoms. The monoisotopic (exact) mass is 196 g/mol. The maximum absolute atomic E-state index is 6.04. The molecule has 0 N–H and O–H groups in total. The predicted octanol–water partition coefficient (Wildman–Crippen LogP) is 2.65. The van der Waals surface area contributed by atoms with Crippen LogP contribution < -0.4 is 0 Å². The van der Waals surface area contributed by atoms with Crippen LogP contribution in [0.4, 0.5) is 0 Å². The summed E-state index contributed by atoms with van der Waals surface area (Å²) in [4.78, 5) is 0. The van der Waals surface area contributed by atoms with Crippen molar-refractivity contribution in [2.75, 3.05) is 14.2 Å². The van der Waals surface area contributed by atoms with E-state index in [-0.39, 0.29) is 0 Å². The van der Waals surface area contributed by atoms with Gasteiger partial charge in [-0.25, -0.2) is 0 Å². The molecule has 68 valence electrons. The van der Waals surface area contributed by atoms with Crippen LogP contribution in [0.25, 0.3) is 0 Å². The first-order valence-corrected chi connectivity index (χ1v) is 7.01. The molecule has 0 saturated heterocycles. The molecule has 4 heteroatoms. The minimum Gasteiger partial charge on any atom is -0.386 e. The van der Waals surface area contributed by atoms with E-state index < -0.39 is 7.87 Å². The molecule has 0 radical (unpaired) electrons. The third-order valence-electron chi connectivity index (χ3n) is 1.69. The van der Waals surface area contributed by atoms with Gasteiger partial charge >= 0.3 is 7.87 Å². The minimum atomic E-state index is -2.26. The Bertz CT molecular complexity index is 96.4. The molecule has 0 aliphatic heterocycles.